The van der Waals surface area contributed by atoms with Crippen molar-refractivity contribution < 1.29 is 18.7 Å². The van der Waals surface area contributed by atoms with Crippen molar-refractivity contribution in [2.24, 2.45) is 5.92 Å². The fourth-order valence-corrected chi connectivity index (χ4v) is 1.64. The summed E-state index contributed by atoms with van der Waals surface area (Å²) in [4.78, 5) is 11.4. The van der Waals surface area contributed by atoms with E-state index in [0.717, 1.165) is 18.2 Å². The summed E-state index contributed by atoms with van der Waals surface area (Å²) in [6.07, 6.45) is -0.0792. The van der Waals surface area contributed by atoms with Gasteiger partial charge in [-0.25, -0.2) is 13.6 Å². The highest BCUT2D eigenvalue weighted by Gasteiger charge is 2.09. The van der Waals surface area contributed by atoms with Crippen LogP contribution in [0.15, 0.2) is 18.2 Å². The van der Waals surface area contributed by atoms with Crippen molar-refractivity contribution in [3.63, 3.8) is 0 Å². The summed E-state index contributed by atoms with van der Waals surface area (Å²) in [6.45, 7) is 4.00. The maximum Gasteiger partial charge on any atom is 0.319 e. The van der Waals surface area contributed by atoms with Crippen LogP contribution in [0.4, 0.5) is 19.3 Å². The van der Waals surface area contributed by atoms with Crippen molar-refractivity contribution in [3.05, 3.63) is 29.8 Å². The summed E-state index contributed by atoms with van der Waals surface area (Å²) in [5.74, 6) is -1.22. The molecule has 0 fully saturated rings. The molecule has 4 nitrogen and oxygen atoms in total. The Morgan fingerprint density at radius 2 is 1.84 bits per heavy atom. The second-order valence-corrected chi connectivity index (χ2v) is 4.78. The van der Waals surface area contributed by atoms with Crippen LogP contribution >= 0.6 is 0 Å². The summed E-state index contributed by atoms with van der Waals surface area (Å²) in [6, 6.07) is 2.11. The lowest BCUT2D eigenvalue weighted by Crippen LogP contribution is -2.35. The van der Waals surface area contributed by atoms with Gasteiger partial charge < -0.3 is 15.7 Å². The molecule has 0 radical (unpaired) electrons. The number of nitrogens with one attached hydrogen (secondary N) is 2. The van der Waals surface area contributed by atoms with Gasteiger partial charge >= 0.3 is 6.03 Å². The quantitative estimate of drug-likeness (QED) is 0.771. The number of carbonyl (C=O) groups excluding carboxylic acids is 1. The molecule has 0 saturated carbocycles. The first-order chi connectivity index (χ1) is 8.86. The molecule has 0 aromatic heterocycles. The number of halogens is 2. The normalized spacial score (nSPS) is 12.3. The third-order valence-corrected chi connectivity index (χ3v) is 2.36. The number of amides is 2. The summed E-state index contributed by atoms with van der Waals surface area (Å²) in [5.41, 5.74) is 0.0216. The molecule has 106 valence electrons. The Bertz CT molecular complexity index is 418. The molecule has 1 unspecified atom stereocenters. The van der Waals surface area contributed by atoms with Crippen molar-refractivity contribution in [2.75, 3.05) is 11.9 Å². The lowest BCUT2D eigenvalue weighted by molar-refractivity contribution is 0.148. The number of carbonyl (C=O) groups is 1. The van der Waals surface area contributed by atoms with E-state index in [2.05, 4.69) is 10.6 Å². The molecule has 0 heterocycles. The molecular weight excluding hydrogens is 254 g/mol. The van der Waals surface area contributed by atoms with E-state index < -0.39 is 23.8 Å². The molecule has 0 saturated heterocycles. The molecule has 2 amide bonds. The van der Waals surface area contributed by atoms with Gasteiger partial charge in [-0.15, -0.1) is 0 Å². The van der Waals surface area contributed by atoms with Gasteiger partial charge in [0.2, 0.25) is 0 Å². The zero-order valence-electron chi connectivity index (χ0n) is 10.9. The van der Waals surface area contributed by atoms with Crippen LogP contribution in [0.25, 0.3) is 0 Å². The van der Waals surface area contributed by atoms with Crippen molar-refractivity contribution in [2.45, 2.75) is 26.4 Å². The van der Waals surface area contributed by atoms with Crippen LogP contribution in [0.2, 0.25) is 0 Å². The second kappa shape index (κ2) is 7.04. The summed E-state index contributed by atoms with van der Waals surface area (Å²) < 4.78 is 25.8. The Kier molecular flexibility index (Phi) is 5.69. The van der Waals surface area contributed by atoms with Gasteiger partial charge in [-0.3, -0.25) is 0 Å². The number of anilines is 1. The predicted molar refractivity (Wildman–Crippen MR) is 68.8 cm³/mol. The van der Waals surface area contributed by atoms with Crippen molar-refractivity contribution >= 4 is 11.7 Å². The van der Waals surface area contributed by atoms with Gasteiger partial charge in [0, 0.05) is 18.3 Å². The average molecular weight is 272 g/mol. The number of rotatable bonds is 5. The summed E-state index contributed by atoms with van der Waals surface area (Å²) in [7, 11) is 0. The first-order valence-corrected chi connectivity index (χ1v) is 6.06. The van der Waals surface area contributed by atoms with E-state index in [-0.39, 0.29) is 12.2 Å². The minimum Gasteiger partial charge on any atom is -0.391 e. The van der Waals surface area contributed by atoms with E-state index in [1.165, 1.54) is 0 Å². The molecule has 6 heteroatoms. The maximum atomic E-state index is 12.9. The van der Waals surface area contributed by atoms with Crippen molar-refractivity contribution in [1.82, 2.24) is 5.32 Å². The highest BCUT2D eigenvalue weighted by molar-refractivity contribution is 5.89. The van der Waals surface area contributed by atoms with E-state index in [1.54, 1.807) is 0 Å². The smallest absolute Gasteiger partial charge is 0.319 e. The first kappa shape index (κ1) is 15.4. The Labute approximate surface area is 110 Å². The fraction of sp³-hybridized carbons (Fsp3) is 0.462. The van der Waals surface area contributed by atoms with Crippen LogP contribution in [0.1, 0.15) is 20.3 Å². The first-order valence-electron chi connectivity index (χ1n) is 6.06. The van der Waals surface area contributed by atoms with Gasteiger partial charge in [-0.05, 0) is 24.5 Å². The lowest BCUT2D eigenvalue weighted by atomic mass is 10.1. The van der Waals surface area contributed by atoms with Crippen molar-refractivity contribution in [3.8, 4) is 0 Å². The molecule has 19 heavy (non-hydrogen) atoms. The van der Waals surface area contributed by atoms with Crippen LogP contribution in [-0.4, -0.2) is 23.8 Å². The van der Waals surface area contributed by atoms with Crippen LogP contribution in [-0.2, 0) is 0 Å². The molecule has 1 aromatic carbocycles. The van der Waals surface area contributed by atoms with Gasteiger partial charge in [-0.1, -0.05) is 13.8 Å². The second-order valence-electron chi connectivity index (χ2n) is 4.78. The van der Waals surface area contributed by atoms with E-state index in [9.17, 15) is 18.7 Å². The number of aliphatic hydroxyl groups is 1. The van der Waals surface area contributed by atoms with Crippen molar-refractivity contribution in [1.29, 1.82) is 0 Å². The number of hydrogen-bond acceptors (Lipinski definition) is 2. The largest absolute Gasteiger partial charge is 0.391 e. The molecule has 0 aliphatic heterocycles. The summed E-state index contributed by atoms with van der Waals surface area (Å²) >= 11 is 0. The SMILES string of the molecule is CC(C)CC(O)CNC(=O)Nc1cc(F)cc(F)c1. The van der Waals surface area contributed by atoms with Gasteiger partial charge in [0.1, 0.15) is 11.6 Å². The predicted octanol–water partition coefficient (Wildman–Crippen LogP) is 2.49. The zero-order chi connectivity index (χ0) is 14.4. The average Bonchev–Trinajstić information content (AvgIpc) is 2.23. The van der Waals surface area contributed by atoms with Crippen LogP contribution in [0.5, 0.6) is 0 Å². The number of benzene rings is 1. The third kappa shape index (κ3) is 6.15. The molecule has 1 atom stereocenters. The number of urea groups is 1. The van der Waals surface area contributed by atoms with Crippen LogP contribution in [0.3, 0.4) is 0 Å². The van der Waals surface area contributed by atoms with Gasteiger partial charge in [0.15, 0.2) is 0 Å². The summed E-state index contributed by atoms with van der Waals surface area (Å²) in [5, 5.41) is 14.3. The lowest BCUT2D eigenvalue weighted by Gasteiger charge is -2.14. The van der Waals surface area contributed by atoms with Gasteiger partial charge in [-0.2, -0.15) is 0 Å². The third-order valence-electron chi connectivity index (χ3n) is 2.36. The van der Waals surface area contributed by atoms with E-state index >= 15 is 0 Å². The molecule has 1 rings (SSSR count). The van der Waals surface area contributed by atoms with Gasteiger partial charge in [0.25, 0.3) is 0 Å². The van der Waals surface area contributed by atoms with E-state index in [4.69, 9.17) is 0 Å². The monoisotopic (exact) mass is 272 g/mol. The standard InChI is InChI=1S/C13H18F2N2O2/c1-8(2)3-12(18)7-16-13(19)17-11-5-9(14)4-10(15)6-11/h4-6,8,12,18H,3,7H2,1-2H3,(H2,16,17,19). The Morgan fingerprint density at radius 1 is 1.26 bits per heavy atom. The highest BCUT2D eigenvalue weighted by Crippen LogP contribution is 2.12. The molecule has 3 N–H and O–H groups in total. The van der Waals surface area contributed by atoms with E-state index in [1.807, 2.05) is 13.8 Å². The minimum atomic E-state index is -0.768. The van der Waals surface area contributed by atoms with Gasteiger partial charge in [0.05, 0.1) is 6.10 Å². The van der Waals surface area contributed by atoms with E-state index in [0.29, 0.717) is 12.3 Å². The molecule has 1 aromatic rings. The highest BCUT2D eigenvalue weighted by atomic mass is 19.1. The topological polar surface area (TPSA) is 61.4 Å². The maximum absolute atomic E-state index is 12.9. The Hall–Kier alpha value is -1.69. The minimum absolute atomic E-state index is 0.0216. The molecule has 0 aliphatic carbocycles. The van der Waals surface area contributed by atoms with Crippen LogP contribution < -0.4 is 10.6 Å². The Morgan fingerprint density at radius 3 is 2.37 bits per heavy atom. The molecule has 0 aliphatic rings. The number of aliphatic hydroxyl groups excluding tert-OH is 1. The molecule has 0 spiro atoms. The molecule has 0 bridgehead atoms. The Balaban J connectivity index is 2.42. The zero-order valence-corrected chi connectivity index (χ0v) is 10.9. The molecular formula is C13H18F2N2O2. The number of hydrogen-bond donors (Lipinski definition) is 3. The van der Waals surface area contributed by atoms with Crippen LogP contribution in [0, 0.1) is 17.6 Å². The fourth-order valence-electron chi connectivity index (χ4n) is 1.64.